The Balaban J connectivity index is 1.80. The zero-order valence-electron chi connectivity index (χ0n) is 16.0. The van der Waals surface area contributed by atoms with Crippen LogP contribution in [0.3, 0.4) is 0 Å². The lowest BCUT2D eigenvalue weighted by atomic mass is 10.2. The zero-order chi connectivity index (χ0) is 20.5. The maximum absolute atomic E-state index is 13.0. The minimum absolute atomic E-state index is 0.00156. The second-order valence-electron chi connectivity index (χ2n) is 7.09. The molecule has 1 aliphatic heterocycles. The number of aromatic nitrogens is 2. The molecule has 0 radical (unpaired) electrons. The summed E-state index contributed by atoms with van der Waals surface area (Å²) in [5.41, 5.74) is -0.549. The summed E-state index contributed by atoms with van der Waals surface area (Å²) < 4.78 is 45.3. The molecule has 1 unspecified atom stereocenters. The summed E-state index contributed by atoms with van der Waals surface area (Å²) in [5.74, 6) is -0.202. The van der Waals surface area contributed by atoms with E-state index in [4.69, 9.17) is 4.74 Å². The number of carbonyl (C=O) groups excluding carboxylic acids is 1. The molecule has 1 aromatic heterocycles. The largest absolute Gasteiger partial charge is 0.493 e. The molecule has 1 amide bonds. The van der Waals surface area contributed by atoms with E-state index in [2.05, 4.69) is 29.2 Å². The molecule has 1 N–H and O–H groups in total. The number of amides is 1. The Morgan fingerprint density at radius 3 is 2.71 bits per heavy atom. The number of ether oxygens (including phenoxy) is 1. The van der Waals surface area contributed by atoms with E-state index in [0.29, 0.717) is 6.04 Å². The van der Waals surface area contributed by atoms with Gasteiger partial charge in [-0.15, -0.1) is 0 Å². The highest BCUT2D eigenvalue weighted by atomic mass is 19.4. The fourth-order valence-electron chi connectivity index (χ4n) is 3.25. The first-order chi connectivity index (χ1) is 13.2. The van der Waals surface area contributed by atoms with Crippen molar-refractivity contribution in [3.63, 3.8) is 0 Å². The molecular formula is C19H23F3N4O2. The molecule has 2 heterocycles. The van der Waals surface area contributed by atoms with Crippen LogP contribution in [-0.4, -0.2) is 52.9 Å². The number of halogens is 3. The summed E-state index contributed by atoms with van der Waals surface area (Å²) in [7, 11) is 1.39. The zero-order valence-corrected chi connectivity index (χ0v) is 16.0. The van der Waals surface area contributed by atoms with Gasteiger partial charge in [0.25, 0.3) is 5.91 Å². The second-order valence-corrected chi connectivity index (χ2v) is 7.09. The molecule has 3 rings (SSSR count). The van der Waals surface area contributed by atoms with Gasteiger partial charge in [0.15, 0.2) is 11.4 Å². The van der Waals surface area contributed by atoms with Gasteiger partial charge in [0.05, 0.1) is 24.6 Å². The van der Waals surface area contributed by atoms with Gasteiger partial charge in [0.2, 0.25) is 0 Å². The number of likely N-dealkylation sites (tertiary alicyclic amines) is 1. The van der Waals surface area contributed by atoms with Crippen molar-refractivity contribution in [2.75, 3.05) is 20.2 Å². The van der Waals surface area contributed by atoms with Gasteiger partial charge < -0.3 is 10.1 Å². The van der Waals surface area contributed by atoms with Crippen molar-refractivity contribution in [1.29, 1.82) is 0 Å². The first-order valence-electron chi connectivity index (χ1n) is 9.05. The van der Waals surface area contributed by atoms with Crippen LogP contribution in [0.2, 0.25) is 0 Å². The van der Waals surface area contributed by atoms with E-state index in [9.17, 15) is 18.0 Å². The molecule has 0 spiro atoms. The number of hydrogen-bond acceptors (Lipinski definition) is 4. The van der Waals surface area contributed by atoms with Gasteiger partial charge in [-0.1, -0.05) is 6.07 Å². The SMILES string of the molecule is COc1cn(-c2cccc(C(F)(F)F)c2)nc1C(=O)NC1CCN(C(C)C)C1. The Labute approximate surface area is 161 Å². The van der Waals surface area contributed by atoms with Gasteiger partial charge in [-0.25, -0.2) is 4.68 Å². The van der Waals surface area contributed by atoms with Crippen LogP contribution in [0.15, 0.2) is 30.5 Å². The van der Waals surface area contributed by atoms with E-state index in [1.54, 1.807) is 0 Å². The van der Waals surface area contributed by atoms with Crippen molar-refractivity contribution in [2.24, 2.45) is 0 Å². The van der Waals surface area contributed by atoms with Crippen molar-refractivity contribution in [3.8, 4) is 11.4 Å². The molecule has 1 aliphatic rings. The molecule has 0 saturated carbocycles. The van der Waals surface area contributed by atoms with E-state index < -0.39 is 17.6 Å². The third-order valence-corrected chi connectivity index (χ3v) is 4.84. The van der Waals surface area contributed by atoms with Crippen LogP contribution in [0.1, 0.15) is 36.3 Å². The topological polar surface area (TPSA) is 59.4 Å². The molecule has 6 nitrogen and oxygen atoms in total. The van der Waals surface area contributed by atoms with Crippen molar-refractivity contribution in [3.05, 3.63) is 41.7 Å². The number of rotatable bonds is 5. The molecule has 1 saturated heterocycles. The van der Waals surface area contributed by atoms with Crippen LogP contribution in [0.25, 0.3) is 5.69 Å². The van der Waals surface area contributed by atoms with Crippen molar-refractivity contribution < 1.29 is 22.7 Å². The Morgan fingerprint density at radius 1 is 1.36 bits per heavy atom. The maximum atomic E-state index is 13.0. The first-order valence-corrected chi connectivity index (χ1v) is 9.05. The average molecular weight is 396 g/mol. The maximum Gasteiger partial charge on any atom is 0.416 e. The minimum atomic E-state index is -4.46. The Kier molecular flexibility index (Phi) is 5.64. The van der Waals surface area contributed by atoms with Crippen molar-refractivity contribution >= 4 is 5.91 Å². The molecule has 1 aromatic carbocycles. The number of carbonyl (C=O) groups is 1. The Morgan fingerprint density at radius 2 is 2.11 bits per heavy atom. The second kappa shape index (κ2) is 7.83. The molecular weight excluding hydrogens is 373 g/mol. The van der Waals surface area contributed by atoms with Crippen LogP contribution >= 0.6 is 0 Å². The fourth-order valence-corrected chi connectivity index (χ4v) is 3.25. The van der Waals surface area contributed by atoms with Gasteiger partial charge >= 0.3 is 6.18 Å². The van der Waals surface area contributed by atoms with Crippen LogP contribution in [0, 0.1) is 0 Å². The van der Waals surface area contributed by atoms with Crippen LogP contribution in [0.4, 0.5) is 13.2 Å². The highest BCUT2D eigenvalue weighted by Crippen LogP contribution is 2.30. The average Bonchev–Trinajstić information content (AvgIpc) is 3.28. The molecule has 0 bridgehead atoms. The molecule has 9 heteroatoms. The highest BCUT2D eigenvalue weighted by Gasteiger charge is 2.31. The van der Waals surface area contributed by atoms with E-state index in [1.165, 1.54) is 30.1 Å². The molecule has 1 fully saturated rings. The summed E-state index contributed by atoms with van der Waals surface area (Å²) in [4.78, 5) is 14.9. The van der Waals surface area contributed by atoms with E-state index >= 15 is 0 Å². The lowest BCUT2D eigenvalue weighted by Crippen LogP contribution is -2.38. The van der Waals surface area contributed by atoms with Crippen LogP contribution in [-0.2, 0) is 6.18 Å². The number of methoxy groups -OCH3 is 1. The number of benzene rings is 1. The summed E-state index contributed by atoms with van der Waals surface area (Å²) >= 11 is 0. The quantitative estimate of drug-likeness (QED) is 0.844. The Bertz CT molecular complexity index is 848. The predicted molar refractivity (Wildman–Crippen MR) is 97.7 cm³/mol. The van der Waals surface area contributed by atoms with Crippen molar-refractivity contribution in [2.45, 2.75) is 38.5 Å². The summed E-state index contributed by atoms with van der Waals surface area (Å²) in [6.07, 6.45) is -2.22. The van der Waals surface area contributed by atoms with E-state index in [1.807, 2.05) is 0 Å². The normalized spacial score (nSPS) is 17.9. The minimum Gasteiger partial charge on any atom is -0.493 e. The molecule has 152 valence electrons. The lowest BCUT2D eigenvalue weighted by Gasteiger charge is -2.20. The van der Waals surface area contributed by atoms with Gasteiger partial charge in [-0.2, -0.15) is 18.3 Å². The number of nitrogens with one attached hydrogen (secondary N) is 1. The third-order valence-electron chi connectivity index (χ3n) is 4.84. The highest BCUT2D eigenvalue weighted by molar-refractivity contribution is 5.95. The third kappa shape index (κ3) is 4.30. The fraction of sp³-hybridized carbons (Fsp3) is 0.474. The number of nitrogens with zero attached hydrogens (tertiary/aromatic N) is 3. The summed E-state index contributed by atoms with van der Waals surface area (Å²) in [6, 6.07) is 5.14. The lowest BCUT2D eigenvalue weighted by molar-refractivity contribution is -0.137. The van der Waals surface area contributed by atoms with Gasteiger partial charge in [0, 0.05) is 25.2 Å². The van der Waals surface area contributed by atoms with Crippen molar-refractivity contribution in [1.82, 2.24) is 20.0 Å². The smallest absolute Gasteiger partial charge is 0.416 e. The Hall–Kier alpha value is -2.55. The van der Waals surface area contributed by atoms with Gasteiger partial charge in [-0.3, -0.25) is 9.69 Å². The van der Waals surface area contributed by atoms with E-state index in [0.717, 1.165) is 31.6 Å². The van der Waals surface area contributed by atoms with Gasteiger partial charge in [-0.05, 0) is 38.5 Å². The summed E-state index contributed by atoms with van der Waals surface area (Å²) in [5, 5.41) is 7.11. The standard InChI is InChI=1S/C19H23F3N4O2/c1-12(2)25-8-7-14(10-25)23-18(27)17-16(28-3)11-26(24-17)15-6-4-5-13(9-15)19(20,21)22/h4-6,9,11-12,14H,7-8,10H2,1-3H3,(H,23,27). The predicted octanol–water partition coefficient (Wildman–Crippen LogP) is 3.11. The number of alkyl halides is 3. The molecule has 2 aromatic rings. The molecule has 0 aliphatic carbocycles. The van der Waals surface area contributed by atoms with Crippen LogP contribution < -0.4 is 10.1 Å². The van der Waals surface area contributed by atoms with Gasteiger partial charge in [0.1, 0.15) is 0 Å². The summed E-state index contributed by atoms with van der Waals surface area (Å²) in [6.45, 7) is 5.85. The van der Waals surface area contributed by atoms with Crippen LogP contribution in [0.5, 0.6) is 5.75 Å². The first kappa shape index (κ1) is 20.2. The number of hydrogen-bond donors (Lipinski definition) is 1. The molecule has 28 heavy (non-hydrogen) atoms. The monoisotopic (exact) mass is 396 g/mol. The molecule has 1 atom stereocenters. The van der Waals surface area contributed by atoms with E-state index in [-0.39, 0.29) is 23.2 Å².